The van der Waals surface area contributed by atoms with E-state index >= 15 is 0 Å². The fourth-order valence-electron chi connectivity index (χ4n) is 6.18. The minimum Gasteiger partial charge on any atom is -0.508 e. The average molecular weight is 499 g/mol. The number of carbonyl (C=O) groups is 4. The number of cyclic esters (lactones) is 1. The third-order valence-electron chi connectivity index (χ3n) is 7.95. The van der Waals surface area contributed by atoms with E-state index in [9.17, 15) is 34.5 Å². The molecule has 0 unspecified atom stereocenters. The number of fused-ring (bicyclic) bond motifs is 3. The lowest BCUT2D eigenvalue weighted by Crippen LogP contribution is -2.75. The first-order chi connectivity index (χ1) is 16.7. The number of hydrogen-bond donors (Lipinski definition) is 3. The summed E-state index contributed by atoms with van der Waals surface area (Å²) in [6.07, 6.45) is 9.98. The summed E-state index contributed by atoms with van der Waals surface area (Å²) in [5.74, 6) is -7.69. The molecule has 3 aliphatic carbocycles. The Hall–Kier alpha value is -3.26. The molecular weight excluding hydrogens is 464 g/mol. The summed E-state index contributed by atoms with van der Waals surface area (Å²) in [7, 11) is 0. The molecule has 1 aliphatic heterocycles. The minimum atomic E-state index is -2.20. The Balaban J connectivity index is 2.36. The number of ketones is 3. The van der Waals surface area contributed by atoms with Gasteiger partial charge in [0.1, 0.15) is 28.3 Å². The predicted molar refractivity (Wildman–Crippen MR) is 132 cm³/mol. The lowest BCUT2D eigenvalue weighted by atomic mass is 9.40. The van der Waals surface area contributed by atoms with Crippen LogP contribution in [0.25, 0.3) is 0 Å². The van der Waals surface area contributed by atoms with Crippen molar-refractivity contribution in [2.24, 2.45) is 23.2 Å². The summed E-state index contributed by atoms with van der Waals surface area (Å²) in [6, 6.07) is 0. The standard InChI is InChI=1S/C28H34O8/c1-7-9-11-13-16(29)18-20-21(28(6)22(31)15(3)24(33)36-28)19(17(30)14-12-10-8-2)26(4,23(18)32)25(34)27(20,5)35/h7-11,13,19-21,29,31,35H,12,14H2,1-6H3/b9-7+,10-8+,13-11+,18-16?/t19-,20-,21-,26-,27-,28-/m1/s1. The summed E-state index contributed by atoms with van der Waals surface area (Å²) in [4.78, 5) is 53.6. The van der Waals surface area contributed by atoms with Gasteiger partial charge in [-0.1, -0.05) is 30.4 Å². The van der Waals surface area contributed by atoms with Crippen molar-refractivity contribution in [1.29, 1.82) is 0 Å². The molecule has 1 heterocycles. The number of hydrogen-bond acceptors (Lipinski definition) is 8. The van der Waals surface area contributed by atoms with Crippen molar-refractivity contribution >= 4 is 23.3 Å². The highest BCUT2D eigenvalue weighted by atomic mass is 16.6. The van der Waals surface area contributed by atoms with E-state index in [4.69, 9.17) is 4.74 Å². The van der Waals surface area contributed by atoms with Gasteiger partial charge in [-0.2, -0.15) is 0 Å². The Morgan fingerprint density at radius 1 is 1.08 bits per heavy atom. The molecule has 2 bridgehead atoms. The first-order valence-corrected chi connectivity index (χ1v) is 12.0. The lowest BCUT2D eigenvalue weighted by Gasteiger charge is -2.61. The quantitative estimate of drug-likeness (QED) is 0.120. The van der Waals surface area contributed by atoms with Gasteiger partial charge in [-0.25, -0.2) is 4.79 Å². The predicted octanol–water partition coefficient (Wildman–Crippen LogP) is 3.78. The first-order valence-electron chi connectivity index (χ1n) is 12.0. The van der Waals surface area contributed by atoms with Crippen molar-refractivity contribution in [1.82, 2.24) is 0 Å². The summed E-state index contributed by atoms with van der Waals surface area (Å²) < 4.78 is 5.61. The normalized spacial score (nSPS) is 38.2. The molecule has 6 atom stereocenters. The average Bonchev–Trinajstić information content (AvgIpc) is 3.01. The molecule has 0 aromatic carbocycles. The van der Waals surface area contributed by atoms with Gasteiger partial charge in [0.25, 0.3) is 0 Å². The minimum absolute atomic E-state index is 0.00374. The van der Waals surface area contributed by atoms with E-state index in [1.165, 1.54) is 39.8 Å². The van der Waals surface area contributed by atoms with Crippen LogP contribution in [0.15, 0.2) is 59.1 Å². The maximum atomic E-state index is 13.9. The number of rotatable bonds is 7. The van der Waals surface area contributed by atoms with E-state index < -0.39 is 69.2 Å². The monoisotopic (exact) mass is 498 g/mol. The number of allylic oxidation sites excluding steroid dienone is 6. The SMILES string of the molecule is C/C=C/C=C/C(O)=C1C(=O)[C@]2(C)C(=O)[C@](C)(O)[C@H]1[C@H]([C@@]1(C)OC(=O)C(C)=C1O)[C@H]2C(=O)CC/C=C/C. The second kappa shape index (κ2) is 9.32. The van der Waals surface area contributed by atoms with Crippen molar-refractivity contribution in [2.45, 2.75) is 65.6 Å². The number of aliphatic hydroxyl groups excluding tert-OH is 2. The Morgan fingerprint density at radius 3 is 2.25 bits per heavy atom. The molecule has 8 heteroatoms. The Kier molecular flexibility index (Phi) is 7.07. The molecule has 36 heavy (non-hydrogen) atoms. The molecule has 8 nitrogen and oxygen atoms in total. The number of ether oxygens (including phenoxy) is 1. The zero-order chi connectivity index (χ0) is 27.2. The largest absolute Gasteiger partial charge is 0.508 e. The topological polar surface area (TPSA) is 138 Å². The molecule has 0 aromatic rings. The van der Waals surface area contributed by atoms with Crippen molar-refractivity contribution in [3.8, 4) is 0 Å². The van der Waals surface area contributed by atoms with Crippen LogP contribution in [0.3, 0.4) is 0 Å². The summed E-state index contributed by atoms with van der Waals surface area (Å²) in [5.41, 5.74) is -6.38. The third kappa shape index (κ3) is 3.70. The fourth-order valence-corrected chi connectivity index (χ4v) is 6.18. The zero-order valence-corrected chi connectivity index (χ0v) is 21.5. The van der Waals surface area contributed by atoms with E-state index in [2.05, 4.69) is 0 Å². The summed E-state index contributed by atoms with van der Waals surface area (Å²) in [6.45, 7) is 8.87. The highest BCUT2D eigenvalue weighted by Gasteiger charge is 2.77. The van der Waals surface area contributed by atoms with Crippen LogP contribution in [-0.4, -0.2) is 49.8 Å². The van der Waals surface area contributed by atoms with Crippen LogP contribution in [0, 0.1) is 23.2 Å². The highest BCUT2D eigenvalue weighted by Crippen LogP contribution is 2.64. The van der Waals surface area contributed by atoms with Crippen LogP contribution in [-0.2, 0) is 23.9 Å². The van der Waals surface area contributed by atoms with Crippen LogP contribution < -0.4 is 0 Å². The molecule has 3 N–H and O–H groups in total. The van der Waals surface area contributed by atoms with Gasteiger partial charge in [-0.15, -0.1) is 0 Å². The van der Waals surface area contributed by atoms with Crippen LogP contribution in [0.5, 0.6) is 0 Å². The zero-order valence-electron chi connectivity index (χ0n) is 21.5. The molecule has 0 spiro atoms. The molecule has 0 saturated heterocycles. The van der Waals surface area contributed by atoms with Gasteiger partial charge in [0, 0.05) is 29.7 Å². The maximum absolute atomic E-state index is 13.9. The van der Waals surface area contributed by atoms with Crippen LogP contribution >= 0.6 is 0 Å². The van der Waals surface area contributed by atoms with Gasteiger partial charge >= 0.3 is 5.97 Å². The molecule has 0 radical (unpaired) electrons. The van der Waals surface area contributed by atoms with Crippen molar-refractivity contribution < 1.29 is 39.2 Å². The fraction of sp³-hybridized carbons (Fsp3) is 0.500. The van der Waals surface area contributed by atoms with E-state index in [1.807, 2.05) is 0 Å². The molecule has 3 fully saturated rings. The first kappa shape index (κ1) is 27.3. The van der Waals surface area contributed by atoms with Gasteiger partial charge < -0.3 is 20.1 Å². The molecule has 0 amide bonds. The summed E-state index contributed by atoms with van der Waals surface area (Å²) in [5, 5.41) is 33.5. The lowest BCUT2D eigenvalue weighted by molar-refractivity contribution is -0.204. The van der Waals surface area contributed by atoms with Crippen molar-refractivity contribution in [2.75, 3.05) is 0 Å². The summed E-state index contributed by atoms with van der Waals surface area (Å²) >= 11 is 0. The van der Waals surface area contributed by atoms with Gasteiger partial charge in [-0.05, 0) is 54.0 Å². The Labute approximate surface area is 210 Å². The van der Waals surface area contributed by atoms with Crippen LogP contribution in [0.1, 0.15) is 54.4 Å². The van der Waals surface area contributed by atoms with E-state index in [0.29, 0.717) is 6.42 Å². The van der Waals surface area contributed by atoms with Crippen molar-refractivity contribution in [3.05, 3.63) is 59.1 Å². The van der Waals surface area contributed by atoms with E-state index in [0.717, 1.165) is 0 Å². The molecular formula is C28H34O8. The molecule has 3 saturated carbocycles. The van der Waals surface area contributed by atoms with Gasteiger partial charge in [0.2, 0.25) is 0 Å². The Bertz CT molecular complexity index is 1160. The number of esters is 1. The molecule has 4 aliphatic rings. The van der Waals surface area contributed by atoms with Crippen LogP contribution in [0.2, 0.25) is 0 Å². The smallest absolute Gasteiger partial charge is 0.338 e. The Morgan fingerprint density at radius 2 is 1.72 bits per heavy atom. The van der Waals surface area contributed by atoms with Gasteiger partial charge in [0.15, 0.2) is 17.2 Å². The number of Topliss-reactive ketones (excluding diaryl/α,β-unsaturated/α-hetero) is 3. The molecule has 0 aromatic heterocycles. The number of carbonyl (C=O) groups excluding carboxylic acids is 4. The third-order valence-corrected chi connectivity index (χ3v) is 7.95. The second-order valence-corrected chi connectivity index (χ2v) is 10.2. The molecule has 4 rings (SSSR count). The van der Waals surface area contributed by atoms with Crippen molar-refractivity contribution in [3.63, 3.8) is 0 Å². The van der Waals surface area contributed by atoms with Gasteiger partial charge in [0.05, 0.1) is 5.57 Å². The maximum Gasteiger partial charge on any atom is 0.338 e. The highest BCUT2D eigenvalue weighted by molar-refractivity contribution is 6.23. The van der Waals surface area contributed by atoms with Gasteiger partial charge in [-0.3, -0.25) is 14.4 Å². The number of aliphatic hydroxyl groups is 3. The second-order valence-electron chi connectivity index (χ2n) is 10.2. The van der Waals surface area contributed by atoms with E-state index in [1.54, 1.807) is 38.2 Å². The van der Waals surface area contributed by atoms with Crippen LogP contribution in [0.4, 0.5) is 0 Å². The van der Waals surface area contributed by atoms with E-state index in [-0.39, 0.29) is 17.6 Å². The molecule has 194 valence electrons.